The summed E-state index contributed by atoms with van der Waals surface area (Å²) in [6.07, 6.45) is 1.34. The van der Waals surface area contributed by atoms with E-state index in [9.17, 15) is 0 Å². The highest BCUT2D eigenvalue weighted by atomic mass is 79.9. The predicted molar refractivity (Wildman–Crippen MR) is 72.3 cm³/mol. The molecule has 1 aliphatic heterocycles. The number of aliphatic hydroxyl groups excluding tert-OH is 1. The molecule has 1 aromatic carbocycles. The van der Waals surface area contributed by atoms with Gasteiger partial charge in [-0.3, -0.25) is 0 Å². The number of ether oxygens (including phenoxy) is 1. The van der Waals surface area contributed by atoms with Crippen LogP contribution in [-0.2, 0) is 11.3 Å². The van der Waals surface area contributed by atoms with Crippen LogP contribution in [0.2, 0.25) is 0 Å². The van der Waals surface area contributed by atoms with E-state index >= 15 is 0 Å². The van der Waals surface area contributed by atoms with Crippen LogP contribution in [0.1, 0.15) is 18.9 Å². The molecule has 4 heteroatoms. The van der Waals surface area contributed by atoms with Gasteiger partial charge in [0.2, 0.25) is 0 Å². The van der Waals surface area contributed by atoms with Crippen LogP contribution in [0.15, 0.2) is 22.7 Å². The fourth-order valence-corrected chi connectivity index (χ4v) is 2.80. The molecule has 2 rings (SSSR count). The summed E-state index contributed by atoms with van der Waals surface area (Å²) in [4.78, 5) is 2.25. The van der Waals surface area contributed by atoms with E-state index in [4.69, 9.17) is 9.84 Å². The molecule has 0 amide bonds. The smallest absolute Gasteiger partial charge is 0.0750 e. The lowest BCUT2D eigenvalue weighted by Gasteiger charge is -2.29. The molecule has 3 nitrogen and oxygen atoms in total. The van der Waals surface area contributed by atoms with Crippen LogP contribution in [0.5, 0.6) is 0 Å². The topological polar surface area (TPSA) is 32.7 Å². The zero-order valence-electron chi connectivity index (χ0n) is 10.2. The molecule has 17 heavy (non-hydrogen) atoms. The molecule has 0 radical (unpaired) electrons. The Morgan fingerprint density at radius 3 is 2.82 bits per heavy atom. The molecule has 94 valence electrons. The van der Waals surface area contributed by atoms with Crippen molar-refractivity contribution in [3.8, 4) is 0 Å². The minimum atomic E-state index is 0.0630. The molecule has 0 spiro atoms. The average molecular weight is 300 g/mol. The summed E-state index contributed by atoms with van der Waals surface area (Å²) in [5.41, 5.74) is 2.06. The molecule has 1 heterocycles. The zero-order chi connectivity index (χ0) is 12.4. The summed E-state index contributed by atoms with van der Waals surface area (Å²) in [6.45, 7) is 3.02. The first kappa shape index (κ1) is 12.9. The van der Waals surface area contributed by atoms with Crippen LogP contribution in [0.25, 0.3) is 0 Å². The molecule has 1 N–H and O–H groups in total. The summed E-state index contributed by atoms with van der Waals surface area (Å²) in [7, 11) is 2.09. The number of anilines is 1. The van der Waals surface area contributed by atoms with Crippen molar-refractivity contribution >= 4 is 21.6 Å². The van der Waals surface area contributed by atoms with Gasteiger partial charge in [-0.05, 0) is 31.0 Å². The average Bonchev–Trinajstić information content (AvgIpc) is 2.74. The van der Waals surface area contributed by atoms with Gasteiger partial charge in [-0.15, -0.1) is 0 Å². The van der Waals surface area contributed by atoms with Crippen molar-refractivity contribution < 1.29 is 9.84 Å². The second kappa shape index (κ2) is 5.38. The van der Waals surface area contributed by atoms with Crippen molar-refractivity contribution in [2.24, 2.45) is 0 Å². The number of rotatable bonds is 3. The van der Waals surface area contributed by atoms with E-state index < -0.39 is 0 Å². The summed E-state index contributed by atoms with van der Waals surface area (Å²) >= 11 is 3.48. The number of hydrogen-bond donors (Lipinski definition) is 1. The summed E-state index contributed by atoms with van der Waals surface area (Å²) in [5, 5.41) is 9.14. The molecule has 2 unspecified atom stereocenters. The fourth-order valence-electron chi connectivity index (χ4n) is 2.30. The normalized spacial score (nSPS) is 24.0. The maximum atomic E-state index is 9.14. The van der Waals surface area contributed by atoms with E-state index in [1.54, 1.807) is 0 Å². The molecule has 0 aromatic heterocycles. The van der Waals surface area contributed by atoms with Gasteiger partial charge in [0, 0.05) is 23.8 Å². The third kappa shape index (κ3) is 2.64. The van der Waals surface area contributed by atoms with E-state index in [0.29, 0.717) is 6.04 Å². The van der Waals surface area contributed by atoms with Crippen LogP contribution in [0, 0.1) is 0 Å². The van der Waals surface area contributed by atoms with Gasteiger partial charge < -0.3 is 14.7 Å². The van der Waals surface area contributed by atoms with Gasteiger partial charge in [-0.25, -0.2) is 0 Å². The predicted octanol–water partition coefficient (Wildman–Crippen LogP) is 2.56. The SMILES string of the molecule is CC1OCCC1N(C)c1ccc(CO)c(Br)c1. The molecule has 0 saturated carbocycles. The lowest BCUT2D eigenvalue weighted by atomic mass is 10.1. The van der Waals surface area contributed by atoms with Crippen molar-refractivity contribution in [1.82, 2.24) is 0 Å². The Balaban J connectivity index is 2.19. The number of aliphatic hydroxyl groups is 1. The van der Waals surface area contributed by atoms with Crippen LogP contribution in [0.4, 0.5) is 5.69 Å². The molecule has 1 fully saturated rings. The van der Waals surface area contributed by atoms with E-state index in [1.807, 2.05) is 12.1 Å². The van der Waals surface area contributed by atoms with Crippen molar-refractivity contribution in [1.29, 1.82) is 0 Å². The van der Waals surface area contributed by atoms with Crippen molar-refractivity contribution in [3.05, 3.63) is 28.2 Å². The second-order valence-corrected chi connectivity index (χ2v) is 5.33. The summed E-state index contributed by atoms with van der Waals surface area (Å²) in [5.74, 6) is 0. The van der Waals surface area contributed by atoms with E-state index in [-0.39, 0.29) is 12.7 Å². The molecule has 1 saturated heterocycles. The first-order valence-corrected chi connectivity index (χ1v) is 6.66. The summed E-state index contributed by atoms with van der Waals surface area (Å²) < 4.78 is 6.54. The second-order valence-electron chi connectivity index (χ2n) is 4.48. The minimum Gasteiger partial charge on any atom is -0.392 e. The standard InChI is InChI=1S/C13H18BrNO2/c1-9-13(5-6-17-9)15(2)11-4-3-10(8-16)12(14)7-11/h3-4,7,9,13,16H,5-6,8H2,1-2H3. The van der Waals surface area contributed by atoms with Gasteiger partial charge >= 0.3 is 0 Å². The largest absolute Gasteiger partial charge is 0.392 e. The molecule has 0 bridgehead atoms. The van der Waals surface area contributed by atoms with Gasteiger partial charge in [0.25, 0.3) is 0 Å². The van der Waals surface area contributed by atoms with Crippen molar-refractivity contribution in [2.45, 2.75) is 32.1 Å². The number of benzene rings is 1. The van der Waals surface area contributed by atoms with Gasteiger partial charge in [0.15, 0.2) is 0 Å². The van der Waals surface area contributed by atoms with Crippen molar-refractivity contribution in [2.75, 3.05) is 18.6 Å². The van der Waals surface area contributed by atoms with Crippen LogP contribution in [0.3, 0.4) is 0 Å². The first-order chi connectivity index (χ1) is 8.13. The maximum absolute atomic E-state index is 9.14. The quantitative estimate of drug-likeness (QED) is 0.931. The lowest BCUT2D eigenvalue weighted by molar-refractivity contribution is 0.118. The molecule has 1 aliphatic rings. The number of likely N-dealkylation sites (N-methyl/N-ethyl adjacent to an activating group) is 1. The Hall–Kier alpha value is -0.580. The van der Waals surface area contributed by atoms with E-state index in [1.165, 1.54) is 0 Å². The maximum Gasteiger partial charge on any atom is 0.0750 e. The van der Waals surface area contributed by atoms with Crippen LogP contribution >= 0.6 is 15.9 Å². The van der Waals surface area contributed by atoms with Gasteiger partial charge in [0.1, 0.15) is 0 Å². The minimum absolute atomic E-state index is 0.0630. The monoisotopic (exact) mass is 299 g/mol. The Bertz CT molecular complexity index is 397. The Labute approximate surface area is 111 Å². The number of halogens is 1. The van der Waals surface area contributed by atoms with Crippen molar-refractivity contribution in [3.63, 3.8) is 0 Å². The highest BCUT2D eigenvalue weighted by molar-refractivity contribution is 9.10. The fraction of sp³-hybridized carbons (Fsp3) is 0.538. The first-order valence-electron chi connectivity index (χ1n) is 5.87. The van der Waals surface area contributed by atoms with Crippen LogP contribution in [-0.4, -0.2) is 30.9 Å². The molecule has 0 aliphatic carbocycles. The Kier molecular flexibility index (Phi) is 4.07. The molecule has 2 atom stereocenters. The summed E-state index contributed by atoms with van der Waals surface area (Å²) in [6, 6.07) is 6.48. The molecule has 1 aromatic rings. The van der Waals surface area contributed by atoms with Gasteiger partial charge in [0.05, 0.1) is 18.8 Å². The Morgan fingerprint density at radius 1 is 1.53 bits per heavy atom. The van der Waals surface area contributed by atoms with E-state index in [2.05, 4.69) is 40.9 Å². The van der Waals surface area contributed by atoms with Gasteiger partial charge in [-0.2, -0.15) is 0 Å². The lowest BCUT2D eigenvalue weighted by Crippen LogP contribution is -2.36. The third-order valence-electron chi connectivity index (χ3n) is 3.45. The van der Waals surface area contributed by atoms with E-state index in [0.717, 1.165) is 28.8 Å². The number of hydrogen-bond acceptors (Lipinski definition) is 3. The highest BCUT2D eigenvalue weighted by Gasteiger charge is 2.28. The molecular formula is C13H18BrNO2. The zero-order valence-corrected chi connectivity index (χ0v) is 11.8. The highest BCUT2D eigenvalue weighted by Crippen LogP contribution is 2.28. The Morgan fingerprint density at radius 2 is 2.29 bits per heavy atom. The third-order valence-corrected chi connectivity index (χ3v) is 4.19. The van der Waals surface area contributed by atoms with Crippen LogP contribution < -0.4 is 4.90 Å². The molecular weight excluding hydrogens is 282 g/mol. The number of nitrogens with zero attached hydrogens (tertiary/aromatic N) is 1. The van der Waals surface area contributed by atoms with Gasteiger partial charge in [-0.1, -0.05) is 22.0 Å².